The number of nitrogens with one attached hydrogen (secondary N) is 2. The van der Waals surface area contributed by atoms with Gasteiger partial charge in [-0.1, -0.05) is 54.1 Å². The molecule has 5 amide bonds. The predicted octanol–water partition coefficient (Wildman–Crippen LogP) is 3.13. The highest BCUT2D eigenvalue weighted by atomic mass is 35.5. The first-order valence-corrected chi connectivity index (χ1v) is 15.6. The molecule has 10 nitrogen and oxygen atoms in total. The highest BCUT2D eigenvalue weighted by molar-refractivity contribution is 6.30. The molecular weight excluding hydrogens is 637 g/mol. The number of benzene rings is 2. The van der Waals surface area contributed by atoms with Crippen LogP contribution in [-0.4, -0.2) is 93.4 Å². The van der Waals surface area contributed by atoms with Gasteiger partial charge in [-0.05, 0) is 47.4 Å². The molecule has 0 aliphatic carbocycles. The molecule has 2 fully saturated rings. The summed E-state index contributed by atoms with van der Waals surface area (Å²) in [5.41, 5.74) is 1.37. The Labute approximate surface area is 273 Å². The van der Waals surface area contributed by atoms with E-state index in [4.69, 9.17) is 11.6 Å². The van der Waals surface area contributed by atoms with Gasteiger partial charge in [0.1, 0.15) is 18.1 Å². The maximum atomic E-state index is 14.3. The molecule has 3 aromatic rings. The lowest BCUT2D eigenvalue weighted by molar-refractivity contribution is -0.157. The number of hydrogen-bond donors (Lipinski definition) is 2. The van der Waals surface area contributed by atoms with Crippen LogP contribution in [0.5, 0.6) is 0 Å². The molecule has 4 heterocycles. The summed E-state index contributed by atoms with van der Waals surface area (Å²) in [6.45, 7) is -1.87. The maximum Gasteiger partial charge on any atom is 0.406 e. The van der Waals surface area contributed by atoms with Crippen molar-refractivity contribution in [2.24, 2.45) is 0 Å². The second kappa shape index (κ2) is 13.0. The van der Waals surface area contributed by atoms with Crippen LogP contribution in [0.1, 0.15) is 22.4 Å². The Bertz CT molecular complexity index is 1670. The molecule has 14 heteroatoms. The zero-order valence-electron chi connectivity index (χ0n) is 25.2. The van der Waals surface area contributed by atoms with Crippen LogP contribution in [0.25, 0.3) is 0 Å². The van der Waals surface area contributed by atoms with Crippen molar-refractivity contribution in [3.05, 3.63) is 100 Å². The Hall–Kier alpha value is -4.49. The summed E-state index contributed by atoms with van der Waals surface area (Å²) in [7, 11) is 0. The molecule has 0 spiro atoms. The minimum atomic E-state index is -4.82. The van der Waals surface area contributed by atoms with Crippen LogP contribution in [0.3, 0.4) is 0 Å². The van der Waals surface area contributed by atoms with Crippen molar-refractivity contribution in [1.82, 2.24) is 30.3 Å². The van der Waals surface area contributed by atoms with E-state index in [0.717, 1.165) is 16.0 Å². The number of urea groups is 1. The Balaban J connectivity index is 1.28. The molecule has 3 aliphatic heterocycles. The van der Waals surface area contributed by atoms with Gasteiger partial charge in [0.2, 0.25) is 11.8 Å². The monoisotopic (exact) mass is 668 g/mol. The summed E-state index contributed by atoms with van der Waals surface area (Å²) in [6.07, 6.45) is -3.03. The molecule has 3 aliphatic rings. The smallest absolute Gasteiger partial charge is 0.343 e. The average Bonchev–Trinajstić information content (AvgIpc) is 3.25. The van der Waals surface area contributed by atoms with E-state index in [2.05, 4.69) is 15.6 Å². The standard InChI is InChI=1S/C33H32ClF3N6O4/c34-24-10-8-21(9-11-24)15-27(40-28(44)26-16-22-5-1-2-6-23(22)18-39-26)29(45)41-13-14-43-31(47)42(20-33(35,36)37)30(46)32(43,19-41)17-25-7-3-4-12-38-25/h1-12,26-27,39H,13-20H2,(H,40,44)/t26-,27+,32-/m0/s1. The fraction of sp³-hybridized carbons (Fsp3) is 0.364. The summed E-state index contributed by atoms with van der Waals surface area (Å²) in [6, 6.07) is 16.7. The number of rotatable bonds is 8. The molecule has 6 rings (SSSR count). The molecule has 3 atom stereocenters. The molecule has 2 saturated heterocycles. The molecule has 0 saturated carbocycles. The fourth-order valence-corrected chi connectivity index (χ4v) is 6.71. The zero-order chi connectivity index (χ0) is 33.3. The van der Waals surface area contributed by atoms with Gasteiger partial charge >= 0.3 is 12.2 Å². The Morgan fingerprint density at radius 2 is 1.74 bits per heavy atom. The Kier molecular flexibility index (Phi) is 8.95. The third-order valence-electron chi connectivity index (χ3n) is 8.88. The predicted molar refractivity (Wildman–Crippen MR) is 165 cm³/mol. The summed E-state index contributed by atoms with van der Waals surface area (Å²) < 4.78 is 40.5. The number of halogens is 4. The number of fused-ring (bicyclic) bond motifs is 2. The largest absolute Gasteiger partial charge is 0.406 e. The van der Waals surface area contributed by atoms with Crippen molar-refractivity contribution >= 4 is 35.4 Å². The molecule has 0 radical (unpaired) electrons. The van der Waals surface area contributed by atoms with Crippen molar-refractivity contribution in [2.75, 3.05) is 26.2 Å². The number of aromatic nitrogens is 1. The third-order valence-corrected chi connectivity index (χ3v) is 9.13. The number of hydrogen-bond acceptors (Lipinski definition) is 6. The second-order valence-electron chi connectivity index (χ2n) is 12.0. The van der Waals surface area contributed by atoms with Gasteiger partial charge in [0, 0.05) is 49.4 Å². The van der Waals surface area contributed by atoms with Crippen LogP contribution in [0, 0.1) is 0 Å². The average molecular weight is 669 g/mol. The molecule has 47 heavy (non-hydrogen) atoms. The molecule has 0 bridgehead atoms. The van der Waals surface area contributed by atoms with E-state index in [1.165, 1.54) is 11.1 Å². The van der Waals surface area contributed by atoms with Gasteiger partial charge in [-0.15, -0.1) is 0 Å². The zero-order valence-corrected chi connectivity index (χ0v) is 25.9. The topological polar surface area (TPSA) is 115 Å². The van der Waals surface area contributed by atoms with Gasteiger partial charge < -0.3 is 20.4 Å². The number of carbonyl (C=O) groups excluding carboxylic acids is 4. The number of pyridine rings is 1. The maximum absolute atomic E-state index is 14.3. The van der Waals surface area contributed by atoms with Gasteiger partial charge in [0.25, 0.3) is 5.91 Å². The van der Waals surface area contributed by atoms with Crippen LogP contribution < -0.4 is 10.6 Å². The summed E-state index contributed by atoms with van der Waals surface area (Å²) in [5, 5.41) is 6.61. The molecule has 1 aromatic heterocycles. The van der Waals surface area contributed by atoms with E-state index in [9.17, 15) is 32.3 Å². The highest BCUT2D eigenvalue weighted by Crippen LogP contribution is 2.36. The van der Waals surface area contributed by atoms with Crippen LogP contribution >= 0.6 is 11.6 Å². The van der Waals surface area contributed by atoms with Crippen molar-refractivity contribution in [3.8, 4) is 0 Å². The number of piperazine rings is 1. The van der Waals surface area contributed by atoms with Gasteiger partial charge in [0.05, 0.1) is 12.6 Å². The number of nitrogens with zero attached hydrogens (tertiary/aromatic N) is 4. The van der Waals surface area contributed by atoms with Crippen molar-refractivity contribution in [2.45, 2.75) is 49.6 Å². The van der Waals surface area contributed by atoms with Gasteiger partial charge in [-0.25, -0.2) is 4.79 Å². The Morgan fingerprint density at radius 3 is 2.45 bits per heavy atom. The van der Waals surface area contributed by atoms with E-state index in [1.54, 1.807) is 42.5 Å². The van der Waals surface area contributed by atoms with Crippen LogP contribution in [0.15, 0.2) is 72.9 Å². The van der Waals surface area contributed by atoms with E-state index in [-0.39, 0.29) is 37.4 Å². The van der Waals surface area contributed by atoms with Crippen molar-refractivity contribution in [1.29, 1.82) is 0 Å². The van der Waals surface area contributed by atoms with E-state index in [1.807, 2.05) is 24.3 Å². The highest BCUT2D eigenvalue weighted by Gasteiger charge is 2.61. The quantitative estimate of drug-likeness (QED) is 0.357. The van der Waals surface area contributed by atoms with E-state index >= 15 is 0 Å². The molecule has 2 N–H and O–H groups in total. The number of carbonyl (C=O) groups is 4. The second-order valence-corrected chi connectivity index (χ2v) is 12.5. The third kappa shape index (κ3) is 6.82. The minimum Gasteiger partial charge on any atom is -0.343 e. The summed E-state index contributed by atoms with van der Waals surface area (Å²) >= 11 is 6.07. The molecular formula is C33H32ClF3N6O4. The molecule has 2 aromatic carbocycles. The Morgan fingerprint density at radius 1 is 1.02 bits per heavy atom. The van der Waals surface area contributed by atoms with Crippen molar-refractivity contribution < 1.29 is 32.3 Å². The molecule has 246 valence electrons. The van der Waals surface area contributed by atoms with E-state index in [0.29, 0.717) is 29.2 Å². The summed E-state index contributed by atoms with van der Waals surface area (Å²) in [4.78, 5) is 61.9. The van der Waals surface area contributed by atoms with Gasteiger partial charge in [-0.2, -0.15) is 13.2 Å². The fourth-order valence-electron chi connectivity index (χ4n) is 6.59. The van der Waals surface area contributed by atoms with Crippen LogP contribution in [-0.2, 0) is 40.2 Å². The van der Waals surface area contributed by atoms with Gasteiger partial charge in [0.15, 0.2) is 0 Å². The lowest BCUT2D eigenvalue weighted by Gasteiger charge is -2.45. The molecule has 0 unspecified atom stereocenters. The van der Waals surface area contributed by atoms with Crippen LogP contribution in [0.2, 0.25) is 5.02 Å². The van der Waals surface area contributed by atoms with Crippen molar-refractivity contribution in [3.63, 3.8) is 0 Å². The number of alkyl halides is 3. The SMILES string of the molecule is O=C(N[C@H](Cc1ccc(Cl)cc1)C(=O)N1CCN2C(=O)N(CC(F)(F)F)C(=O)[C@]2(Cc2ccccn2)C1)[C@@H]1Cc2ccccc2CN1. The lowest BCUT2D eigenvalue weighted by atomic mass is 9.88. The lowest BCUT2D eigenvalue weighted by Crippen LogP contribution is -2.67. The first kappa shape index (κ1) is 32.5. The normalized spacial score (nSPS) is 21.7. The van der Waals surface area contributed by atoms with Gasteiger partial charge in [-0.3, -0.25) is 24.3 Å². The van der Waals surface area contributed by atoms with E-state index < -0.39 is 54.1 Å². The number of imide groups is 1. The first-order chi connectivity index (χ1) is 22.4. The van der Waals surface area contributed by atoms with Crippen LogP contribution in [0.4, 0.5) is 18.0 Å². The first-order valence-electron chi connectivity index (χ1n) is 15.2. The summed E-state index contributed by atoms with van der Waals surface area (Å²) in [5.74, 6) is -1.97. The number of amides is 5. The minimum absolute atomic E-state index is 0.0519.